The molecule has 0 aliphatic carbocycles. The molecule has 30 heavy (non-hydrogen) atoms. The number of nitrogens with zero attached hydrogens (tertiary/aromatic N) is 2. The Bertz CT molecular complexity index is 341. The minimum Gasteiger partial charge on any atom is -0.418 e. The van der Waals surface area contributed by atoms with Crippen LogP contribution in [0.4, 0.5) is 34.5 Å². The third-order valence-electron chi connectivity index (χ3n) is 4.54. The summed E-state index contributed by atoms with van der Waals surface area (Å²) in [7, 11) is -2.38. The maximum Gasteiger partial charge on any atom is 0.673 e. The van der Waals surface area contributed by atoms with Crippen LogP contribution in [0.3, 0.4) is 0 Å². The van der Waals surface area contributed by atoms with Crippen molar-refractivity contribution < 1.29 is 43.5 Å². The van der Waals surface area contributed by atoms with E-state index in [1.54, 1.807) is 0 Å². The van der Waals surface area contributed by atoms with Crippen molar-refractivity contribution in [3.05, 3.63) is 0 Å². The SMILES string of the molecule is CCCCCC[N+](C)(C)CC[N+](C)(C)CCCCCC.F[B-](F)(F)F.F[B-](F)(F)F. The van der Waals surface area contributed by atoms with Gasteiger partial charge in [0.1, 0.15) is 13.1 Å². The third kappa shape index (κ3) is 45.9. The van der Waals surface area contributed by atoms with Gasteiger partial charge in [-0.2, -0.15) is 0 Å². The first-order valence-corrected chi connectivity index (χ1v) is 10.7. The second-order valence-corrected chi connectivity index (χ2v) is 8.88. The standard InChI is InChI=1S/C18H42N2.2BF4/c1-7-9-11-13-15-19(3,4)17-18-20(5,6)16-14-12-10-8-2;2*2-1(3,4)5/h7-18H2,1-6H3;;/q+2;2*-1. The van der Waals surface area contributed by atoms with Crippen molar-refractivity contribution in [1.29, 1.82) is 0 Å². The topological polar surface area (TPSA) is 0 Å². The molecular weight excluding hydrogens is 418 g/mol. The first-order chi connectivity index (χ1) is 13.3. The van der Waals surface area contributed by atoms with Crippen LogP contribution in [-0.2, 0) is 0 Å². The van der Waals surface area contributed by atoms with E-state index in [1.807, 2.05) is 0 Å². The molecule has 0 atom stereocenters. The molecule has 0 aliphatic heterocycles. The second-order valence-electron chi connectivity index (χ2n) is 8.88. The molecule has 0 heterocycles. The lowest BCUT2D eigenvalue weighted by atomic mass is 10.2. The summed E-state index contributed by atoms with van der Waals surface area (Å²) >= 11 is 0. The first-order valence-electron chi connectivity index (χ1n) is 10.7. The number of unbranched alkanes of at least 4 members (excludes halogenated alkanes) is 6. The van der Waals surface area contributed by atoms with Gasteiger partial charge < -0.3 is 43.5 Å². The number of rotatable bonds is 13. The van der Waals surface area contributed by atoms with Crippen LogP contribution in [0.15, 0.2) is 0 Å². The predicted molar refractivity (Wildman–Crippen MR) is 112 cm³/mol. The van der Waals surface area contributed by atoms with E-state index in [0.29, 0.717) is 0 Å². The molecule has 0 N–H and O–H groups in total. The molecular formula is C18H42B2F8N2. The van der Waals surface area contributed by atoms with Gasteiger partial charge in [0.2, 0.25) is 0 Å². The third-order valence-corrected chi connectivity index (χ3v) is 4.54. The molecule has 0 aromatic rings. The molecule has 0 amide bonds. The zero-order valence-corrected chi connectivity index (χ0v) is 19.6. The van der Waals surface area contributed by atoms with Crippen LogP contribution < -0.4 is 0 Å². The second kappa shape index (κ2) is 17.1. The number of quaternary nitrogens is 2. The fourth-order valence-electron chi connectivity index (χ4n) is 2.70. The van der Waals surface area contributed by atoms with Crippen LogP contribution in [0.2, 0.25) is 0 Å². The van der Waals surface area contributed by atoms with Crippen LogP contribution in [0.1, 0.15) is 65.2 Å². The Morgan fingerprint density at radius 1 is 0.433 bits per heavy atom. The molecule has 0 aromatic heterocycles. The van der Waals surface area contributed by atoms with E-state index in [9.17, 15) is 34.5 Å². The lowest BCUT2D eigenvalue weighted by molar-refractivity contribution is -0.946. The highest BCUT2D eigenvalue weighted by atomic mass is 19.5. The van der Waals surface area contributed by atoms with Crippen LogP contribution in [-0.4, -0.2) is 77.8 Å². The van der Waals surface area contributed by atoms with Crippen molar-refractivity contribution >= 4 is 14.5 Å². The van der Waals surface area contributed by atoms with Crippen LogP contribution in [0, 0.1) is 0 Å². The fourth-order valence-corrected chi connectivity index (χ4v) is 2.70. The van der Waals surface area contributed by atoms with Gasteiger partial charge in [-0.25, -0.2) is 0 Å². The maximum atomic E-state index is 9.75. The summed E-state index contributed by atoms with van der Waals surface area (Å²) < 4.78 is 80.4. The average molecular weight is 460 g/mol. The molecule has 12 heteroatoms. The van der Waals surface area contributed by atoms with E-state index in [-0.39, 0.29) is 0 Å². The number of halogens is 8. The van der Waals surface area contributed by atoms with Gasteiger partial charge in [0, 0.05) is 0 Å². The Hall–Kier alpha value is -0.510. The minimum atomic E-state index is -6.00. The van der Waals surface area contributed by atoms with Gasteiger partial charge in [0.05, 0.1) is 41.3 Å². The van der Waals surface area contributed by atoms with Crippen molar-refractivity contribution in [2.45, 2.75) is 65.2 Å². The van der Waals surface area contributed by atoms with Crippen LogP contribution in [0.25, 0.3) is 0 Å². The van der Waals surface area contributed by atoms with E-state index in [1.165, 1.54) is 86.5 Å². The zero-order valence-electron chi connectivity index (χ0n) is 19.6. The van der Waals surface area contributed by atoms with E-state index < -0.39 is 14.5 Å². The molecule has 0 aromatic carbocycles. The van der Waals surface area contributed by atoms with Gasteiger partial charge in [-0.15, -0.1) is 0 Å². The monoisotopic (exact) mass is 460 g/mol. The maximum absolute atomic E-state index is 9.75. The lowest BCUT2D eigenvalue weighted by Gasteiger charge is -2.36. The smallest absolute Gasteiger partial charge is 0.418 e. The summed E-state index contributed by atoms with van der Waals surface area (Å²) in [5, 5.41) is 0. The molecule has 0 rings (SSSR count). The average Bonchev–Trinajstić information content (AvgIpc) is 2.51. The van der Waals surface area contributed by atoms with Gasteiger partial charge in [-0.05, 0) is 25.7 Å². The Morgan fingerprint density at radius 3 is 0.867 bits per heavy atom. The van der Waals surface area contributed by atoms with Crippen molar-refractivity contribution in [2.75, 3.05) is 54.4 Å². The number of likely N-dealkylation sites (N-methyl/N-ethyl adjacent to an activating group) is 2. The van der Waals surface area contributed by atoms with Gasteiger partial charge in [0.25, 0.3) is 0 Å². The highest BCUT2D eigenvalue weighted by Gasteiger charge is 2.22. The largest absolute Gasteiger partial charge is 0.673 e. The van der Waals surface area contributed by atoms with Crippen molar-refractivity contribution in [1.82, 2.24) is 0 Å². The molecule has 0 spiro atoms. The minimum absolute atomic E-state index is 1.19. The Kier molecular flexibility index (Phi) is 19.4. The number of hydrogen-bond donors (Lipinski definition) is 0. The summed E-state index contributed by atoms with van der Waals surface area (Å²) in [6.45, 7) is 9.89. The molecule has 0 saturated carbocycles. The van der Waals surface area contributed by atoms with Crippen molar-refractivity contribution in [3.8, 4) is 0 Å². The molecule has 186 valence electrons. The molecule has 0 radical (unpaired) electrons. The summed E-state index contributed by atoms with van der Waals surface area (Å²) in [4.78, 5) is 0. The summed E-state index contributed by atoms with van der Waals surface area (Å²) in [5.74, 6) is 0. The predicted octanol–water partition coefficient (Wildman–Crippen LogP) is 6.90. The summed E-state index contributed by atoms with van der Waals surface area (Å²) in [5.41, 5.74) is 0. The highest BCUT2D eigenvalue weighted by Crippen LogP contribution is 2.10. The van der Waals surface area contributed by atoms with Gasteiger partial charge in [-0.1, -0.05) is 39.5 Å². The van der Waals surface area contributed by atoms with E-state index in [0.717, 1.165) is 0 Å². The zero-order chi connectivity index (χ0) is 24.5. The van der Waals surface area contributed by atoms with Gasteiger partial charge in [-0.3, -0.25) is 0 Å². The normalized spacial score (nSPS) is 12.6. The Morgan fingerprint density at radius 2 is 0.667 bits per heavy atom. The highest BCUT2D eigenvalue weighted by molar-refractivity contribution is 6.50. The molecule has 0 aliphatic rings. The Balaban J connectivity index is -0.000000599. The molecule has 0 fully saturated rings. The van der Waals surface area contributed by atoms with E-state index in [2.05, 4.69) is 42.0 Å². The van der Waals surface area contributed by atoms with E-state index >= 15 is 0 Å². The Labute approximate surface area is 178 Å². The first kappa shape index (κ1) is 34.1. The van der Waals surface area contributed by atoms with Crippen LogP contribution >= 0.6 is 0 Å². The van der Waals surface area contributed by atoms with Crippen molar-refractivity contribution in [2.24, 2.45) is 0 Å². The number of hydrogen-bond acceptors (Lipinski definition) is 0. The lowest BCUT2D eigenvalue weighted by Crippen LogP contribution is -2.51. The summed E-state index contributed by atoms with van der Waals surface area (Å²) in [6.07, 6.45) is 11.1. The summed E-state index contributed by atoms with van der Waals surface area (Å²) in [6, 6.07) is 0. The molecule has 2 nitrogen and oxygen atoms in total. The quantitative estimate of drug-likeness (QED) is 0.121. The van der Waals surface area contributed by atoms with Crippen LogP contribution in [0.5, 0.6) is 0 Å². The molecule has 0 bridgehead atoms. The van der Waals surface area contributed by atoms with E-state index in [4.69, 9.17) is 0 Å². The van der Waals surface area contributed by atoms with Crippen molar-refractivity contribution in [3.63, 3.8) is 0 Å². The molecule has 0 unspecified atom stereocenters. The molecule has 0 saturated heterocycles. The van der Waals surface area contributed by atoms with Gasteiger partial charge >= 0.3 is 14.5 Å². The van der Waals surface area contributed by atoms with Gasteiger partial charge in [0.15, 0.2) is 0 Å². The fraction of sp³-hybridized carbons (Fsp3) is 1.00.